The summed E-state index contributed by atoms with van der Waals surface area (Å²) in [5, 5.41) is 9.01. The molecule has 1 amide bonds. The predicted molar refractivity (Wildman–Crippen MR) is 72.2 cm³/mol. The Kier molecular flexibility index (Phi) is 4.06. The standard InChI is InChI=1S/C13H15N3O3S/c1-11(17)15-6-8-16(9-7-15)20(18,19)13-5-3-2-4-12(13)10-14/h2-5H,6-9H2,1H3. The van der Waals surface area contributed by atoms with Crippen molar-refractivity contribution in [2.45, 2.75) is 11.8 Å². The average Bonchev–Trinajstić information content (AvgIpc) is 2.47. The van der Waals surface area contributed by atoms with E-state index < -0.39 is 10.0 Å². The molecular formula is C13H15N3O3S. The van der Waals surface area contributed by atoms with Crippen molar-refractivity contribution >= 4 is 15.9 Å². The molecule has 1 saturated heterocycles. The number of piperazine rings is 1. The number of amides is 1. The number of hydrogen-bond acceptors (Lipinski definition) is 4. The highest BCUT2D eigenvalue weighted by Gasteiger charge is 2.30. The zero-order valence-electron chi connectivity index (χ0n) is 11.1. The molecule has 1 aromatic carbocycles. The van der Waals surface area contributed by atoms with E-state index in [2.05, 4.69) is 0 Å². The van der Waals surface area contributed by atoms with Crippen LogP contribution in [0.3, 0.4) is 0 Å². The van der Waals surface area contributed by atoms with Crippen molar-refractivity contribution in [1.29, 1.82) is 5.26 Å². The summed E-state index contributed by atoms with van der Waals surface area (Å²) in [6.45, 7) is 2.73. The van der Waals surface area contributed by atoms with Crippen LogP contribution >= 0.6 is 0 Å². The van der Waals surface area contributed by atoms with Crippen LogP contribution in [0.2, 0.25) is 0 Å². The smallest absolute Gasteiger partial charge is 0.244 e. The topological polar surface area (TPSA) is 81.5 Å². The van der Waals surface area contributed by atoms with Crippen LogP contribution in [0, 0.1) is 11.3 Å². The molecule has 0 atom stereocenters. The largest absolute Gasteiger partial charge is 0.340 e. The molecule has 0 bridgehead atoms. The minimum absolute atomic E-state index is 0.0266. The van der Waals surface area contributed by atoms with Gasteiger partial charge in [-0.25, -0.2) is 8.42 Å². The monoisotopic (exact) mass is 293 g/mol. The first-order valence-corrected chi connectivity index (χ1v) is 7.65. The lowest BCUT2D eigenvalue weighted by atomic mass is 10.2. The van der Waals surface area contributed by atoms with Crippen LogP contribution in [0.1, 0.15) is 12.5 Å². The summed E-state index contributed by atoms with van der Waals surface area (Å²) in [6, 6.07) is 8.04. The maximum Gasteiger partial charge on any atom is 0.244 e. The Morgan fingerprint density at radius 1 is 1.20 bits per heavy atom. The number of hydrogen-bond donors (Lipinski definition) is 0. The van der Waals surface area contributed by atoms with Gasteiger partial charge in [-0.05, 0) is 12.1 Å². The molecule has 1 aliphatic rings. The van der Waals surface area contributed by atoms with Crippen LogP contribution in [0.4, 0.5) is 0 Å². The number of benzene rings is 1. The highest BCUT2D eigenvalue weighted by Crippen LogP contribution is 2.20. The average molecular weight is 293 g/mol. The van der Waals surface area contributed by atoms with Gasteiger partial charge in [0.25, 0.3) is 0 Å². The van der Waals surface area contributed by atoms with Crippen molar-refractivity contribution in [3.05, 3.63) is 29.8 Å². The first-order valence-electron chi connectivity index (χ1n) is 6.21. The quantitative estimate of drug-likeness (QED) is 0.791. The number of sulfonamides is 1. The molecule has 1 aromatic rings. The molecule has 2 rings (SSSR count). The molecule has 0 aliphatic carbocycles. The Labute approximate surface area is 118 Å². The fourth-order valence-electron chi connectivity index (χ4n) is 2.17. The lowest BCUT2D eigenvalue weighted by Gasteiger charge is -2.33. The number of rotatable bonds is 2. The highest BCUT2D eigenvalue weighted by molar-refractivity contribution is 7.89. The van der Waals surface area contributed by atoms with Crippen molar-refractivity contribution in [2.24, 2.45) is 0 Å². The predicted octanol–water partition coefficient (Wildman–Crippen LogP) is 0.411. The zero-order valence-corrected chi connectivity index (χ0v) is 11.9. The van der Waals surface area contributed by atoms with E-state index >= 15 is 0 Å². The van der Waals surface area contributed by atoms with E-state index in [1.54, 1.807) is 17.0 Å². The van der Waals surface area contributed by atoms with Gasteiger partial charge in [-0.3, -0.25) is 4.79 Å². The van der Waals surface area contributed by atoms with E-state index in [1.165, 1.54) is 23.4 Å². The molecule has 0 N–H and O–H groups in total. The number of nitrogens with zero attached hydrogens (tertiary/aromatic N) is 3. The molecule has 7 heteroatoms. The van der Waals surface area contributed by atoms with Crippen molar-refractivity contribution < 1.29 is 13.2 Å². The fraction of sp³-hybridized carbons (Fsp3) is 0.385. The van der Waals surface area contributed by atoms with Gasteiger partial charge in [0.05, 0.1) is 10.5 Å². The Balaban J connectivity index is 2.25. The molecule has 0 radical (unpaired) electrons. The summed E-state index contributed by atoms with van der Waals surface area (Å²) in [5.74, 6) is -0.0560. The molecule has 6 nitrogen and oxygen atoms in total. The molecule has 0 saturated carbocycles. The van der Waals surface area contributed by atoms with Gasteiger partial charge in [-0.1, -0.05) is 12.1 Å². The maximum absolute atomic E-state index is 12.5. The van der Waals surface area contributed by atoms with E-state index in [9.17, 15) is 13.2 Å². The van der Waals surface area contributed by atoms with E-state index in [0.717, 1.165) is 0 Å². The summed E-state index contributed by atoms with van der Waals surface area (Å²) in [5.41, 5.74) is 0.140. The third-order valence-electron chi connectivity index (χ3n) is 3.31. The summed E-state index contributed by atoms with van der Waals surface area (Å²) >= 11 is 0. The van der Waals surface area contributed by atoms with Gasteiger partial charge < -0.3 is 4.90 Å². The summed E-state index contributed by atoms with van der Waals surface area (Å²) in [6.07, 6.45) is 0. The molecular weight excluding hydrogens is 278 g/mol. The Hall–Kier alpha value is -1.91. The van der Waals surface area contributed by atoms with Crippen LogP contribution in [0.25, 0.3) is 0 Å². The normalized spacial score (nSPS) is 16.7. The van der Waals surface area contributed by atoms with Crippen LogP contribution in [-0.2, 0) is 14.8 Å². The Morgan fingerprint density at radius 2 is 1.80 bits per heavy atom. The van der Waals surface area contributed by atoms with Gasteiger partial charge in [0.15, 0.2) is 0 Å². The van der Waals surface area contributed by atoms with Crippen LogP contribution < -0.4 is 0 Å². The third kappa shape index (κ3) is 2.66. The molecule has 1 fully saturated rings. The third-order valence-corrected chi connectivity index (χ3v) is 5.27. The second kappa shape index (κ2) is 5.61. The first kappa shape index (κ1) is 14.5. The van der Waals surface area contributed by atoms with E-state index in [0.29, 0.717) is 13.1 Å². The number of nitriles is 1. The SMILES string of the molecule is CC(=O)N1CCN(S(=O)(=O)c2ccccc2C#N)CC1. The van der Waals surface area contributed by atoms with Gasteiger partial charge in [0.2, 0.25) is 15.9 Å². The van der Waals surface area contributed by atoms with Crippen LogP contribution in [0.5, 0.6) is 0 Å². The Morgan fingerprint density at radius 3 is 2.35 bits per heavy atom. The van der Waals surface area contributed by atoms with Gasteiger partial charge in [-0.2, -0.15) is 9.57 Å². The van der Waals surface area contributed by atoms with Crippen LogP contribution in [-0.4, -0.2) is 49.7 Å². The van der Waals surface area contributed by atoms with Crippen molar-refractivity contribution in [2.75, 3.05) is 26.2 Å². The lowest BCUT2D eigenvalue weighted by Crippen LogP contribution is -2.50. The summed E-state index contributed by atoms with van der Waals surface area (Å²) in [7, 11) is -3.68. The van der Waals surface area contributed by atoms with Crippen LogP contribution in [0.15, 0.2) is 29.2 Å². The zero-order chi connectivity index (χ0) is 14.8. The van der Waals surface area contributed by atoms with Crippen molar-refractivity contribution in [3.8, 4) is 6.07 Å². The fourth-order valence-corrected chi connectivity index (χ4v) is 3.73. The van der Waals surface area contributed by atoms with Gasteiger partial charge in [-0.15, -0.1) is 0 Å². The molecule has 1 heterocycles. The van der Waals surface area contributed by atoms with Crippen molar-refractivity contribution in [1.82, 2.24) is 9.21 Å². The summed E-state index contributed by atoms with van der Waals surface area (Å²) in [4.78, 5) is 12.9. The molecule has 0 spiro atoms. The van der Waals surface area contributed by atoms with Crippen molar-refractivity contribution in [3.63, 3.8) is 0 Å². The van der Waals surface area contributed by atoms with Gasteiger partial charge in [0, 0.05) is 33.1 Å². The van der Waals surface area contributed by atoms with E-state index in [4.69, 9.17) is 5.26 Å². The van der Waals surface area contributed by atoms with Gasteiger partial charge in [0.1, 0.15) is 6.07 Å². The molecule has 1 aliphatic heterocycles. The minimum Gasteiger partial charge on any atom is -0.340 e. The molecule has 0 aromatic heterocycles. The highest BCUT2D eigenvalue weighted by atomic mass is 32.2. The number of carbonyl (C=O) groups is 1. The second-order valence-electron chi connectivity index (χ2n) is 4.52. The lowest BCUT2D eigenvalue weighted by molar-refractivity contribution is -0.129. The summed E-state index contributed by atoms with van der Waals surface area (Å²) < 4.78 is 26.4. The van der Waals surface area contributed by atoms with Gasteiger partial charge >= 0.3 is 0 Å². The van der Waals surface area contributed by atoms with E-state index in [-0.39, 0.29) is 29.5 Å². The molecule has 106 valence electrons. The maximum atomic E-state index is 12.5. The first-order chi connectivity index (χ1) is 9.46. The number of carbonyl (C=O) groups excluding carboxylic acids is 1. The molecule has 20 heavy (non-hydrogen) atoms. The molecule has 0 unspecified atom stereocenters. The van der Waals surface area contributed by atoms with E-state index in [1.807, 2.05) is 6.07 Å². The second-order valence-corrected chi connectivity index (χ2v) is 6.42. The Bertz CT molecular complexity index is 656. The minimum atomic E-state index is -3.68.